The predicted molar refractivity (Wildman–Crippen MR) is 142 cm³/mol. The lowest BCUT2D eigenvalue weighted by atomic mass is 9.77. The van der Waals surface area contributed by atoms with Crippen LogP contribution in [0.25, 0.3) is 0 Å². The van der Waals surface area contributed by atoms with Crippen molar-refractivity contribution in [3.63, 3.8) is 0 Å². The topological polar surface area (TPSA) is 96.9 Å². The van der Waals surface area contributed by atoms with E-state index in [0.29, 0.717) is 11.6 Å². The summed E-state index contributed by atoms with van der Waals surface area (Å²) in [5.41, 5.74) is -1.30. The van der Waals surface area contributed by atoms with E-state index in [-0.39, 0.29) is 30.4 Å². The highest BCUT2D eigenvalue weighted by Gasteiger charge is 2.45. The molecule has 4 rings (SSSR count). The standard InChI is InChI=1S/C30H28F6N2O5/c1-42-26(40)18-11-24(25(39)12-18)37-28(41)38-29(16-17-5-3-2-4-6-17,19-7-9-21(31)10-8-19)20-13-22(32)15-23(14-20)43-30(35,36)27(33)34/h2-10,13-15,18,24-25,27,39H,11-12,16H2,1H3,(H2,37,38,41)/t18?,24-,25-,29-/m1/s1. The van der Waals surface area contributed by atoms with Gasteiger partial charge < -0.3 is 25.2 Å². The van der Waals surface area contributed by atoms with Crippen molar-refractivity contribution < 1.29 is 50.5 Å². The van der Waals surface area contributed by atoms with Crippen molar-refractivity contribution in [3.05, 3.63) is 101 Å². The van der Waals surface area contributed by atoms with Gasteiger partial charge in [-0.25, -0.2) is 13.6 Å². The first kappa shape index (κ1) is 31.7. The molecule has 0 aromatic heterocycles. The zero-order chi connectivity index (χ0) is 31.4. The molecule has 0 radical (unpaired) electrons. The van der Waals surface area contributed by atoms with Crippen LogP contribution >= 0.6 is 0 Å². The Morgan fingerprint density at radius 2 is 1.63 bits per heavy atom. The molecule has 4 atom stereocenters. The summed E-state index contributed by atoms with van der Waals surface area (Å²) in [6.45, 7) is 0. The van der Waals surface area contributed by atoms with Crippen LogP contribution in [0.2, 0.25) is 0 Å². The fourth-order valence-electron chi connectivity index (χ4n) is 5.19. The van der Waals surface area contributed by atoms with Gasteiger partial charge in [-0.3, -0.25) is 4.79 Å². The second-order valence-corrected chi connectivity index (χ2v) is 10.2. The zero-order valence-electron chi connectivity index (χ0n) is 22.7. The van der Waals surface area contributed by atoms with E-state index in [9.17, 15) is 41.0 Å². The minimum atomic E-state index is -4.96. The molecule has 3 aromatic rings. The summed E-state index contributed by atoms with van der Waals surface area (Å²) in [6.07, 6.45) is -10.4. The number of nitrogens with one attached hydrogen (secondary N) is 2. The van der Waals surface area contributed by atoms with Gasteiger partial charge in [-0.1, -0.05) is 42.5 Å². The Labute approximate surface area is 242 Å². The molecule has 0 heterocycles. The molecule has 1 aliphatic rings. The lowest BCUT2D eigenvalue weighted by Gasteiger charge is -2.37. The number of hydrogen-bond donors (Lipinski definition) is 3. The van der Waals surface area contributed by atoms with Crippen molar-refractivity contribution in [2.75, 3.05) is 7.11 Å². The van der Waals surface area contributed by atoms with E-state index >= 15 is 0 Å². The molecule has 1 unspecified atom stereocenters. The Hall–Kier alpha value is -4.26. The highest BCUT2D eigenvalue weighted by molar-refractivity contribution is 5.77. The number of rotatable bonds is 10. The van der Waals surface area contributed by atoms with Gasteiger partial charge in [0.2, 0.25) is 0 Å². The van der Waals surface area contributed by atoms with Crippen molar-refractivity contribution >= 4 is 12.0 Å². The third kappa shape index (κ3) is 7.39. The number of alkyl halides is 4. The molecule has 3 N–H and O–H groups in total. The first-order valence-corrected chi connectivity index (χ1v) is 13.1. The average molecular weight is 611 g/mol. The number of amides is 2. The molecular weight excluding hydrogens is 582 g/mol. The summed E-state index contributed by atoms with van der Waals surface area (Å²) in [6, 6.07) is 13.6. The van der Waals surface area contributed by atoms with E-state index in [1.807, 2.05) is 0 Å². The smallest absolute Gasteiger partial charge is 0.461 e. The Kier molecular flexibility index (Phi) is 9.53. The third-order valence-electron chi connectivity index (χ3n) is 7.23. The minimum absolute atomic E-state index is 0.0215. The van der Waals surface area contributed by atoms with Gasteiger partial charge in [-0.2, -0.15) is 17.6 Å². The maximum atomic E-state index is 14.9. The van der Waals surface area contributed by atoms with E-state index in [0.717, 1.165) is 24.3 Å². The molecule has 1 saturated carbocycles. The SMILES string of the molecule is COC(=O)C1C[C@@H](O)[C@H](NC(=O)N[C@](Cc2ccccc2)(c2ccc(F)cc2)c2cc(F)cc(OC(F)(F)C(F)F)c2)C1. The number of hydrogen-bond acceptors (Lipinski definition) is 5. The number of aliphatic hydroxyl groups is 1. The van der Waals surface area contributed by atoms with E-state index in [1.54, 1.807) is 30.3 Å². The molecular formula is C30H28F6N2O5. The Balaban J connectivity index is 1.81. The number of benzene rings is 3. The highest BCUT2D eigenvalue weighted by atomic mass is 19.3. The molecule has 2 amide bonds. The second kappa shape index (κ2) is 12.9. The number of esters is 1. The molecule has 230 valence electrons. The molecule has 1 fully saturated rings. The van der Waals surface area contributed by atoms with Gasteiger partial charge in [-0.15, -0.1) is 0 Å². The number of halogens is 6. The Morgan fingerprint density at radius 1 is 0.953 bits per heavy atom. The minimum Gasteiger partial charge on any atom is -0.469 e. The van der Waals surface area contributed by atoms with E-state index in [1.165, 1.54) is 19.2 Å². The van der Waals surface area contributed by atoms with Crippen molar-refractivity contribution in [1.82, 2.24) is 10.6 Å². The van der Waals surface area contributed by atoms with E-state index < -0.39 is 65.5 Å². The van der Waals surface area contributed by atoms with Crippen LogP contribution in [0.1, 0.15) is 29.5 Å². The fourth-order valence-corrected chi connectivity index (χ4v) is 5.19. The maximum absolute atomic E-state index is 14.9. The summed E-state index contributed by atoms with van der Waals surface area (Å²) < 4.78 is 91.3. The number of urea groups is 1. The van der Waals surface area contributed by atoms with Crippen LogP contribution < -0.4 is 15.4 Å². The van der Waals surface area contributed by atoms with Gasteiger partial charge in [0.15, 0.2) is 0 Å². The summed E-state index contributed by atoms with van der Waals surface area (Å²) in [7, 11) is 1.19. The molecule has 43 heavy (non-hydrogen) atoms. The molecule has 0 saturated heterocycles. The number of carbonyl (C=O) groups excluding carboxylic acids is 2. The van der Waals surface area contributed by atoms with Gasteiger partial charge in [-0.05, 0) is 53.8 Å². The first-order chi connectivity index (χ1) is 20.3. The van der Waals surface area contributed by atoms with Gasteiger partial charge in [0.25, 0.3) is 0 Å². The Bertz CT molecular complexity index is 1430. The largest absolute Gasteiger partial charge is 0.469 e. The molecule has 0 aliphatic heterocycles. The van der Waals surface area contributed by atoms with Gasteiger partial charge in [0.1, 0.15) is 17.4 Å². The Morgan fingerprint density at radius 3 is 2.26 bits per heavy atom. The summed E-state index contributed by atoms with van der Waals surface area (Å²) >= 11 is 0. The molecule has 1 aliphatic carbocycles. The number of carbonyl (C=O) groups is 2. The molecule has 0 spiro atoms. The van der Waals surface area contributed by atoms with Crippen LogP contribution in [-0.4, -0.2) is 48.9 Å². The number of aliphatic hydroxyl groups excluding tert-OH is 1. The monoisotopic (exact) mass is 610 g/mol. The van der Waals surface area contributed by atoms with Crippen molar-refractivity contribution in [2.45, 2.75) is 49.5 Å². The van der Waals surface area contributed by atoms with Crippen LogP contribution in [-0.2, 0) is 21.5 Å². The summed E-state index contributed by atoms with van der Waals surface area (Å²) in [5.74, 6) is -4.00. The lowest BCUT2D eigenvalue weighted by molar-refractivity contribution is -0.253. The second-order valence-electron chi connectivity index (χ2n) is 10.2. The normalized spacial score (nSPS) is 19.9. The molecule has 0 bridgehead atoms. The maximum Gasteiger partial charge on any atom is 0.461 e. The first-order valence-electron chi connectivity index (χ1n) is 13.1. The highest BCUT2D eigenvalue weighted by Crippen LogP contribution is 2.38. The van der Waals surface area contributed by atoms with Crippen LogP contribution in [0.4, 0.5) is 31.1 Å². The van der Waals surface area contributed by atoms with Crippen molar-refractivity contribution in [3.8, 4) is 5.75 Å². The summed E-state index contributed by atoms with van der Waals surface area (Å²) in [4.78, 5) is 25.5. The van der Waals surface area contributed by atoms with Crippen LogP contribution in [0.15, 0.2) is 72.8 Å². The van der Waals surface area contributed by atoms with Crippen molar-refractivity contribution in [1.29, 1.82) is 0 Å². The van der Waals surface area contributed by atoms with Gasteiger partial charge >= 0.3 is 24.5 Å². The predicted octanol–water partition coefficient (Wildman–Crippen LogP) is 5.30. The number of methoxy groups -OCH3 is 1. The van der Waals surface area contributed by atoms with Gasteiger partial charge in [0.05, 0.1) is 30.7 Å². The zero-order valence-corrected chi connectivity index (χ0v) is 22.7. The fraction of sp³-hybridized carbons (Fsp3) is 0.333. The molecule has 13 heteroatoms. The van der Waals surface area contributed by atoms with E-state index in [4.69, 9.17) is 4.74 Å². The quantitative estimate of drug-likeness (QED) is 0.214. The van der Waals surface area contributed by atoms with Crippen LogP contribution in [0, 0.1) is 17.6 Å². The van der Waals surface area contributed by atoms with Crippen molar-refractivity contribution in [2.24, 2.45) is 5.92 Å². The third-order valence-corrected chi connectivity index (χ3v) is 7.23. The number of ether oxygens (including phenoxy) is 2. The average Bonchev–Trinajstić information content (AvgIpc) is 3.32. The molecule has 7 nitrogen and oxygen atoms in total. The molecule has 3 aromatic carbocycles. The van der Waals surface area contributed by atoms with Crippen LogP contribution in [0.5, 0.6) is 5.75 Å². The lowest BCUT2D eigenvalue weighted by Crippen LogP contribution is -2.55. The van der Waals surface area contributed by atoms with Gasteiger partial charge in [0, 0.05) is 12.5 Å². The van der Waals surface area contributed by atoms with Crippen LogP contribution in [0.3, 0.4) is 0 Å². The van der Waals surface area contributed by atoms with E-state index in [2.05, 4.69) is 15.4 Å². The summed E-state index contributed by atoms with van der Waals surface area (Å²) in [5, 5.41) is 15.8.